The maximum Gasteiger partial charge on any atom is 0.253 e. The number of anilines is 1. The third kappa shape index (κ3) is 3.77. The lowest BCUT2D eigenvalue weighted by Crippen LogP contribution is -2.30. The normalized spacial score (nSPS) is 13.9. The first-order chi connectivity index (χ1) is 11.2. The SMILES string of the molecule is O=C(NCc1ccccc1)c1ccccc1NC(=O)C1CCC1. The number of carbonyl (C=O) groups excluding carboxylic acids is 2. The van der Waals surface area contributed by atoms with E-state index in [0.29, 0.717) is 17.8 Å². The van der Waals surface area contributed by atoms with E-state index in [9.17, 15) is 9.59 Å². The highest BCUT2D eigenvalue weighted by molar-refractivity contribution is 6.04. The minimum absolute atomic E-state index is 0.0135. The lowest BCUT2D eigenvalue weighted by Gasteiger charge is -2.24. The molecule has 0 spiro atoms. The molecule has 0 radical (unpaired) electrons. The van der Waals surface area contributed by atoms with Crippen LogP contribution in [0.3, 0.4) is 0 Å². The topological polar surface area (TPSA) is 58.2 Å². The van der Waals surface area contributed by atoms with Crippen molar-refractivity contribution in [2.45, 2.75) is 25.8 Å². The molecule has 2 aromatic carbocycles. The smallest absolute Gasteiger partial charge is 0.253 e. The molecular formula is C19H20N2O2. The summed E-state index contributed by atoms with van der Waals surface area (Å²) >= 11 is 0. The number of amides is 2. The Morgan fingerprint density at radius 1 is 0.957 bits per heavy atom. The van der Waals surface area contributed by atoms with Gasteiger partial charge in [0.15, 0.2) is 0 Å². The second kappa shape index (κ2) is 7.09. The van der Waals surface area contributed by atoms with E-state index in [1.807, 2.05) is 36.4 Å². The molecule has 0 saturated heterocycles. The fourth-order valence-electron chi connectivity index (χ4n) is 2.57. The zero-order chi connectivity index (χ0) is 16.1. The summed E-state index contributed by atoms with van der Waals surface area (Å²) < 4.78 is 0. The third-order valence-corrected chi connectivity index (χ3v) is 4.20. The van der Waals surface area contributed by atoms with Crippen LogP contribution in [0.2, 0.25) is 0 Å². The van der Waals surface area contributed by atoms with Crippen molar-refractivity contribution in [1.29, 1.82) is 0 Å². The molecule has 0 heterocycles. The minimum atomic E-state index is -0.182. The summed E-state index contributed by atoms with van der Waals surface area (Å²) in [4.78, 5) is 24.5. The fourth-order valence-corrected chi connectivity index (χ4v) is 2.57. The van der Waals surface area contributed by atoms with Crippen LogP contribution in [-0.4, -0.2) is 11.8 Å². The van der Waals surface area contributed by atoms with Gasteiger partial charge in [0.2, 0.25) is 5.91 Å². The summed E-state index contributed by atoms with van der Waals surface area (Å²) in [6.07, 6.45) is 2.99. The summed E-state index contributed by atoms with van der Waals surface area (Å²) in [7, 11) is 0. The van der Waals surface area contributed by atoms with Gasteiger partial charge >= 0.3 is 0 Å². The zero-order valence-electron chi connectivity index (χ0n) is 12.9. The van der Waals surface area contributed by atoms with E-state index in [-0.39, 0.29) is 17.7 Å². The molecule has 0 atom stereocenters. The van der Waals surface area contributed by atoms with Crippen LogP contribution >= 0.6 is 0 Å². The van der Waals surface area contributed by atoms with Gasteiger partial charge in [-0.3, -0.25) is 9.59 Å². The molecular weight excluding hydrogens is 288 g/mol. The van der Waals surface area contributed by atoms with Crippen LogP contribution < -0.4 is 10.6 Å². The van der Waals surface area contributed by atoms with Gasteiger partial charge in [0.05, 0.1) is 11.3 Å². The van der Waals surface area contributed by atoms with Crippen LogP contribution in [-0.2, 0) is 11.3 Å². The number of rotatable bonds is 5. The Bertz CT molecular complexity index is 694. The van der Waals surface area contributed by atoms with Gasteiger partial charge in [0, 0.05) is 12.5 Å². The Morgan fingerprint density at radius 3 is 2.35 bits per heavy atom. The fraction of sp³-hybridized carbons (Fsp3) is 0.263. The first-order valence-electron chi connectivity index (χ1n) is 7.96. The maximum atomic E-state index is 12.4. The van der Waals surface area contributed by atoms with Crippen LogP contribution in [0.1, 0.15) is 35.2 Å². The van der Waals surface area contributed by atoms with Crippen molar-refractivity contribution in [3.8, 4) is 0 Å². The molecule has 2 N–H and O–H groups in total. The Labute approximate surface area is 135 Å². The zero-order valence-corrected chi connectivity index (χ0v) is 12.9. The van der Waals surface area contributed by atoms with Gasteiger partial charge in [-0.2, -0.15) is 0 Å². The predicted octanol–water partition coefficient (Wildman–Crippen LogP) is 3.36. The summed E-state index contributed by atoms with van der Waals surface area (Å²) in [5.41, 5.74) is 2.11. The quantitative estimate of drug-likeness (QED) is 0.890. The van der Waals surface area contributed by atoms with Gasteiger partial charge in [-0.15, -0.1) is 0 Å². The number of carbonyl (C=O) groups is 2. The van der Waals surface area contributed by atoms with Crippen molar-refractivity contribution in [1.82, 2.24) is 5.32 Å². The standard InChI is InChI=1S/C19H20N2O2/c22-18(15-9-6-10-15)21-17-12-5-4-11-16(17)19(23)20-13-14-7-2-1-3-8-14/h1-5,7-8,11-12,15H,6,9-10,13H2,(H,20,23)(H,21,22). The lowest BCUT2D eigenvalue weighted by molar-refractivity contribution is -0.122. The van der Waals surface area contributed by atoms with Crippen LogP contribution in [0, 0.1) is 5.92 Å². The van der Waals surface area contributed by atoms with E-state index in [2.05, 4.69) is 10.6 Å². The number of hydrogen-bond acceptors (Lipinski definition) is 2. The largest absolute Gasteiger partial charge is 0.348 e. The molecule has 0 aliphatic heterocycles. The summed E-state index contributed by atoms with van der Waals surface area (Å²) in [6.45, 7) is 0.463. The number of para-hydroxylation sites is 1. The predicted molar refractivity (Wildman–Crippen MR) is 90.0 cm³/mol. The van der Waals surface area contributed by atoms with Gasteiger partial charge in [0.25, 0.3) is 5.91 Å². The van der Waals surface area contributed by atoms with Crippen molar-refractivity contribution in [2.24, 2.45) is 5.92 Å². The van der Waals surface area contributed by atoms with Gasteiger partial charge in [-0.05, 0) is 30.5 Å². The van der Waals surface area contributed by atoms with Crippen molar-refractivity contribution < 1.29 is 9.59 Å². The monoisotopic (exact) mass is 308 g/mol. The first-order valence-corrected chi connectivity index (χ1v) is 7.96. The van der Waals surface area contributed by atoms with E-state index in [0.717, 1.165) is 24.8 Å². The average molecular weight is 308 g/mol. The third-order valence-electron chi connectivity index (χ3n) is 4.20. The van der Waals surface area contributed by atoms with E-state index in [1.165, 1.54) is 0 Å². The molecule has 0 unspecified atom stereocenters. The maximum absolute atomic E-state index is 12.4. The van der Waals surface area contributed by atoms with Crippen LogP contribution in [0.5, 0.6) is 0 Å². The van der Waals surface area contributed by atoms with Gasteiger partial charge < -0.3 is 10.6 Å². The minimum Gasteiger partial charge on any atom is -0.348 e. The second-order valence-corrected chi connectivity index (χ2v) is 5.83. The van der Waals surface area contributed by atoms with E-state index in [4.69, 9.17) is 0 Å². The Kier molecular flexibility index (Phi) is 4.71. The molecule has 0 bridgehead atoms. The summed E-state index contributed by atoms with van der Waals surface area (Å²) in [5.74, 6) is -0.0756. The molecule has 23 heavy (non-hydrogen) atoms. The molecule has 1 saturated carbocycles. The molecule has 2 aromatic rings. The second-order valence-electron chi connectivity index (χ2n) is 5.83. The first kappa shape index (κ1) is 15.3. The summed E-state index contributed by atoms with van der Waals surface area (Å²) in [6, 6.07) is 16.9. The highest BCUT2D eigenvalue weighted by atomic mass is 16.2. The van der Waals surface area contributed by atoms with Gasteiger partial charge in [-0.1, -0.05) is 48.9 Å². The Hall–Kier alpha value is -2.62. The van der Waals surface area contributed by atoms with Crippen molar-refractivity contribution in [3.05, 3.63) is 65.7 Å². The Balaban J connectivity index is 1.66. The highest BCUT2D eigenvalue weighted by Gasteiger charge is 2.26. The molecule has 0 aromatic heterocycles. The average Bonchev–Trinajstić information content (AvgIpc) is 2.52. The van der Waals surface area contributed by atoms with Gasteiger partial charge in [-0.25, -0.2) is 0 Å². The van der Waals surface area contributed by atoms with E-state index < -0.39 is 0 Å². The molecule has 1 aliphatic carbocycles. The van der Waals surface area contributed by atoms with Crippen LogP contribution in [0.4, 0.5) is 5.69 Å². The lowest BCUT2D eigenvalue weighted by atomic mass is 9.85. The summed E-state index contributed by atoms with van der Waals surface area (Å²) in [5, 5.41) is 5.79. The number of nitrogens with one attached hydrogen (secondary N) is 2. The Morgan fingerprint density at radius 2 is 1.65 bits per heavy atom. The van der Waals surface area contributed by atoms with Crippen LogP contribution in [0.25, 0.3) is 0 Å². The molecule has 4 nitrogen and oxygen atoms in total. The van der Waals surface area contributed by atoms with Crippen molar-refractivity contribution in [2.75, 3.05) is 5.32 Å². The van der Waals surface area contributed by atoms with E-state index >= 15 is 0 Å². The molecule has 1 fully saturated rings. The highest BCUT2D eigenvalue weighted by Crippen LogP contribution is 2.28. The molecule has 118 valence electrons. The number of benzene rings is 2. The van der Waals surface area contributed by atoms with E-state index in [1.54, 1.807) is 18.2 Å². The van der Waals surface area contributed by atoms with Gasteiger partial charge in [0.1, 0.15) is 0 Å². The van der Waals surface area contributed by atoms with Crippen molar-refractivity contribution in [3.63, 3.8) is 0 Å². The molecule has 3 rings (SSSR count). The molecule has 4 heteroatoms. The molecule has 1 aliphatic rings. The number of hydrogen-bond donors (Lipinski definition) is 2. The molecule has 2 amide bonds. The van der Waals surface area contributed by atoms with Crippen LogP contribution in [0.15, 0.2) is 54.6 Å². The van der Waals surface area contributed by atoms with Crippen molar-refractivity contribution >= 4 is 17.5 Å².